The van der Waals surface area contributed by atoms with Crippen molar-refractivity contribution in [2.45, 2.75) is 39.5 Å². The molecule has 0 heterocycles. The lowest BCUT2D eigenvalue weighted by Gasteiger charge is -2.23. The lowest BCUT2D eigenvalue weighted by atomic mass is 9.85. The van der Waals surface area contributed by atoms with Gasteiger partial charge in [0.15, 0.2) is 0 Å². The minimum Gasteiger partial charge on any atom is -0.496 e. The molecule has 0 spiro atoms. The van der Waals surface area contributed by atoms with E-state index < -0.39 is 0 Å². The van der Waals surface area contributed by atoms with E-state index in [9.17, 15) is 0 Å². The first-order chi connectivity index (χ1) is 8.38. The molecule has 0 aliphatic carbocycles. The minimum absolute atomic E-state index is 0.123. The summed E-state index contributed by atoms with van der Waals surface area (Å²) in [4.78, 5) is 2.33. The summed E-state index contributed by atoms with van der Waals surface area (Å²) in [6.45, 7) is 11.1. The van der Waals surface area contributed by atoms with Crippen LogP contribution in [-0.4, -0.2) is 32.1 Å². The van der Waals surface area contributed by atoms with E-state index in [1.54, 1.807) is 7.11 Å². The van der Waals surface area contributed by atoms with Crippen molar-refractivity contribution in [3.05, 3.63) is 29.3 Å². The average molecular weight is 249 g/mol. The molecule has 0 amide bonds. The summed E-state index contributed by atoms with van der Waals surface area (Å²) < 4.78 is 5.46. The zero-order valence-corrected chi connectivity index (χ0v) is 12.7. The predicted molar refractivity (Wildman–Crippen MR) is 78.6 cm³/mol. The van der Waals surface area contributed by atoms with Crippen LogP contribution in [0.25, 0.3) is 0 Å². The van der Waals surface area contributed by atoms with E-state index in [1.165, 1.54) is 11.1 Å². The molecule has 0 aliphatic heterocycles. The maximum Gasteiger partial charge on any atom is 0.122 e. The number of rotatable bonds is 5. The Morgan fingerprint density at radius 3 is 2.39 bits per heavy atom. The molecule has 18 heavy (non-hydrogen) atoms. The number of hydrogen-bond donors (Lipinski definition) is 0. The Morgan fingerprint density at radius 1 is 1.22 bits per heavy atom. The second kappa shape index (κ2) is 6.24. The van der Waals surface area contributed by atoms with E-state index in [1.807, 2.05) is 0 Å². The van der Waals surface area contributed by atoms with Crippen molar-refractivity contribution in [3.63, 3.8) is 0 Å². The van der Waals surface area contributed by atoms with Crippen LogP contribution in [0.5, 0.6) is 5.75 Å². The Labute approximate surface area is 112 Å². The van der Waals surface area contributed by atoms with Crippen molar-refractivity contribution >= 4 is 0 Å². The molecular weight excluding hydrogens is 222 g/mol. The van der Waals surface area contributed by atoms with Gasteiger partial charge in [-0.15, -0.1) is 0 Å². The van der Waals surface area contributed by atoms with Gasteiger partial charge in [-0.25, -0.2) is 0 Å². The Morgan fingerprint density at radius 2 is 1.89 bits per heavy atom. The molecule has 1 aromatic carbocycles. The fourth-order valence-electron chi connectivity index (χ4n) is 1.97. The van der Waals surface area contributed by atoms with Gasteiger partial charge in [0.05, 0.1) is 7.11 Å². The van der Waals surface area contributed by atoms with Crippen LogP contribution in [0, 0.1) is 0 Å². The van der Waals surface area contributed by atoms with Crippen molar-refractivity contribution < 1.29 is 4.74 Å². The summed E-state index contributed by atoms with van der Waals surface area (Å²) in [6.07, 6.45) is 1.09. The van der Waals surface area contributed by atoms with E-state index in [4.69, 9.17) is 4.74 Å². The fourth-order valence-corrected chi connectivity index (χ4v) is 1.97. The average Bonchev–Trinajstić information content (AvgIpc) is 2.34. The molecular formula is C16H27NO. The van der Waals surface area contributed by atoms with Gasteiger partial charge in [0.2, 0.25) is 0 Å². The molecule has 1 aromatic rings. The van der Waals surface area contributed by atoms with Crippen molar-refractivity contribution in [1.82, 2.24) is 4.90 Å². The summed E-state index contributed by atoms with van der Waals surface area (Å²) in [5, 5.41) is 0. The van der Waals surface area contributed by atoms with Crippen LogP contribution in [0.15, 0.2) is 18.2 Å². The smallest absolute Gasteiger partial charge is 0.122 e. The summed E-state index contributed by atoms with van der Waals surface area (Å²) in [6, 6.07) is 6.57. The molecule has 0 radical (unpaired) electrons. The van der Waals surface area contributed by atoms with E-state index in [0.29, 0.717) is 0 Å². The third-order valence-corrected chi connectivity index (χ3v) is 3.39. The highest BCUT2D eigenvalue weighted by atomic mass is 16.5. The molecule has 1 rings (SSSR count). The first-order valence-electron chi connectivity index (χ1n) is 6.74. The second-order valence-corrected chi connectivity index (χ2v) is 5.93. The van der Waals surface area contributed by atoms with Crippen LogP contribution in [-0.2, 0) is 11.8 Å². The van der Waals surface area contributed by atoms with Gasteiger partial charge >= 0.3 is 0 Å². The highest BCUT2D eigenvalue weighted by Crippen LogP contribution is 2.32. The molecule has 0 aromatic heterocycles. The number of benzene rings is 1. The Hall–Kier alpha value is -1.02. The zero-order valence-electron chi connectivity index (χ0n) is 12.7. The second-order valence-electron chi connectivity index (χ2n) is 5.93. The van der Waals surface area contributed by atoms with E-state index in [2.05, 4.69) is 57.8 Å². The predicted octanol–water partition coefficient (Wildman–Crippen LogP) is 3.49. The highest BCUT2D eigenvalue weighted by molar-refractivity contribution is 5.41. The lowest BCUT2D eigenvalue weighted by Crippen LogP contribution is -2.20. The van der Waals surface area contributed by atoms with Crippen LogP contribution in [0.4, 0.5) is 0 Å². The molecule has 0 atom stereocenters. The van der Waals surface area contributed by atoms with Gasteiger partial charge in [-0.05, 0) is 42.6 Å². The topological polar surface area (TPSA) is 12.5 Å². The van der Waals surface area contributed by atoms with Gasteiger partial charge in [-0.2, -0.15) is 0 Å². The van der Waals surface area contributed by atoms with Crippen molar-refractivity contribution in [3.8, 4) is 5.75 Å². The summed E-state index contributed by atoms with van der Waals surface area (Å²) in [5.41, 5.74) is 2.81. The zero-order chi connectivity index (χ0) is 13.8. The molecule has 0 unspecified atom stereocenters. The standard InChI is InChI=1S/C16H27NO/c1-7-17(5)11-10-13-8-9-15(18-6)14(12-13)16(2,3)4/h8-9,12H,7,10-11H2,1-6H3. The Bertz CT molecular complexity index is 379. The van der Waals surface area contributed by atoms with Gasteiger partial charge in [0, 0.05) is 6.54 Å². The molecule has 102 valence electrons. The minimum atomic E-state index is 0.123. The Kier molecular flexibility index (Phi) is 5.21. The molecule has 0 fully saturated rings. The van der Waals surface area contributed by atoms with Gasteiger partial charge in [0.1, 0.15) is 5.75 Å². The van der Waals surface area contributed by atoms with Crippen LogP contribution in [0.2, 0.25) is 0 Å². The highest BCUT2D eigenvalue weighted by Gasteiger charge is 2.19. The molecule has 0 saturated heterocycles. The summed E-state index contributed by atoms with van der Waals surface area (Å²) in [5.74, 6) is 0.995. The van der Waals surface area contributed by atoms with Gasteiger partial charge < -0.3 is 9.64 Å². The van der Waals surface area contributed by atoms with Gasteiger partial charge in [-0.3, -0.25) is 0 Å². The number of nitrogens with zero attached hydrogens (tertiary/aromatic N) is 1. The van der Waals surface area contributed by atoms with E-state index in [-0.39, 0.29) is 5.41 Å². The maximum atomic E-state index is 5.46. The molecule has 0 aliphatic rings. The molecule has 0 saturated carbocycles. The van der Waals surface area contributed by atoms with Crippen molar-refractivity contribution in [1.29, 1.82) is 0 Å². The van der Waals surface area contributed by atoms with Crippen LogP contribution in [0.1, 0.15) is 38.8 Å². The van der Waals surface area contributed by atoms with Gasteiger partial charge in [0.25, 0.3) is 0 Å². The molecule has 2 heteroatoms. The first kappa shape index (κ1) is 15.0. The number of ether oxygens (including phenoxy) is 1. The first-order valence-corrected chi connectivity index (χ1v) is 6.74. The SMILES string of the molecule is CCN(C)CCc1ccc(OC)c(C(C)(C)C)c1. The third kappa shape index (κ3) is 4.02. The number of hydrogen-bond acceptors (Lipinski definition) is 2. The largest absolute Gasteiger partial charge is 0.496 e. The summed E-state index contributed by atoms with van der Waals surface area (Å²) >= 11 is 0. The number of methoxy groups -OCH3 is 1. The monoisotopic (exact) mass is 249 g/mol. The third-order valence-electron chi connectivity index (χ3n) is 3.39. The lowest BCUT2D eigenvalue weighted by molar-refractivity contribution is 0.357. The van der Waals surface area contributed by atoms with Crippen LogP contribution < -0.4 is 4.74 Å². The van der Waals surface area contributed by atoms with Crippen LogP contribution in [0.3, 0.4) is 0 Å². The number of likely N-dealkylation sites (N-methyl/N-ethyl adjacent to an activating group) is 1. The van der Waals surface area contributed by atoms with E-state index in [0.717, 1.165) is 25.3 Å². The fraction of sp³-hybridized carbons (Fsp3) is 0.625. The van der Waals surface area contributed by atoms with Crippen molar-refractivity contribution in [2.24, 2.45) is 0 Å². The summed E-state index contributed by atoms with van der Waals surface area (Å²) in [7, 11) is 3.91. The van der Waals surface area contributed by atoms with Gasteiger partial charge in [-0.1, -0.05) is 39.8 Å². The Balaban J connectivity index is 2.90. The quantitative estimate of drug-likeness (QED) is 0.792. The molecule has 2 nitrogen and oxygen atoms in total. The van der Waals surface area contributed by atoms with Crippen molar-refractivity contribution in [2.75, 3.05) is 27.2 Å². The maximum absolute atomic E-state index is 5.46. The molecule has 0 bridgehead atoms. The van der Waals surface area contributed by atoms with E-state index >= 15 is 0 Å². The molecule has 0 N–H and O–H groups in total. The van der Waals surface area contributed by atoms with Crippen LogP contribution >= 0.6 is 0 Å². The normalized spacial score (nSPS) is 11.9.